The first-order valence-electron chi connectivity index (χ1n) is 5.99. The first-order chi connectivity index (χ1) is 8.15. The average molecular weight is 238 g/mol. The molecule has 0 bridgehead atoms. The molecule has 0 aliphatic rings. The van der Waals surface area contributed by atoms with E-state index < -0.39 is 0 Å². The molecule has 4 nitrogen and oxygen atoms in total. The Morgan fingerprint density at radius 2 is 2.06 bits per heavy atom. The predicted octanol–water partition coefficient (Wildman–Crippen LogP) is 2.12. The van der Waals surface area contributed by atoms with E-state index in [4.69, 9.17) is 15.2 Å². The van der Waals surface area contributed by atoms with Crippen LogP contribution in [0.5, 0.6) is 5.88 Å². The second-order valence-corrected chi connectivity index (χ2v) is 4.23. The third-order valence-electron chi connectivity index (χ3n) is 3.10. The van der Waals surface area contributed by atoms with E-state index in [1.807, 2.05) is 12.1 Å². The summed E-state index contributed by atoms with van der Waals surface area (Å²) in [6.45, 7) is 5.20. The Balaban J connectivity index is 2.51. The highest BCUT2D eigenvalue weighted by atomic mass is 16.5. The van der Waals surface area contributed by atoms with Gasteiger partial charge in [-0.2, -0.15) is 0 Å². The molecule has 0 aliphatic heterocycles. The van der Waals surface area contributed by atoms with Crippen LogP contribution in [0.25, 0.3) is 0 Å². The topological polar surface area (TPSA) is 57.4 Å². The van der Waals surface area contributed by atoms with Crippen LogP contribution in [-0.4, -0.2) is 24.2 Å². The largest absolute Gasteiger partial charge is 0.481 e. The minimum atomic E-state index is -0.227. The molecule has 0 amide bonds. The molecule has 0 aromatic carbocycles. The van der Waals surface area contributed by atoms with E-state index in [-0.39, 0.29) is 5.54 Å². The Bertz CT molecular complexity index is 338. The van der Waals surface area contributed by atoms with Gasteiger partial charge in [-0.3, -0.25) is 0 Å². The Kier molecular flexibility index (Phi) is 5.38. The fourth-order valence-corrected chi connectivity index (χ4v) is 1.54. The molecule has 0 unspecified atom stereocenters. The summed E-state index contributed by atoms with van der Waals surface area (Å²) >= 11 is 0. The van der Waals surface area contributed by atoms with Crippen LogP contribution in [0.15, 0.2) is 18.3 Å². The molecule has 0 saturated carbocycles. The van der Waals surface area contributed by atoms with Crippen LogP contribution < -0.4 is 10.5 Å². The third-order valence-corrected chi connectivity index (χ3v) is 3.10. The van der Waals surface area contributed by atoms with Crippen LogP contribution in [-0.2, 0) is 11.3 Å². The highest BCUT2D eigenvalue weighted by Crippen LogP contribution is 2.17. The zero-order valence-electron chi connectivity index (χ0n) is 10.9. The van der Waals surface area contributed by atoms with Crippen molar-refractivity contribution in [1.29, 1.82) is 0 Å². The van der Waals surface area contributed by atoms with E-state index in [1.54, 1.807) is 13.3 Å². The van der Waals surface area contributed by atoms with Crippen LogP contribution in [0, 0.1) is 0 Å². The van der Waals surface area contributed by atoms with Gasteiger partial charge < -0.3 is 15.2 Å². The van der Waals surface area contributed by atoms with Gasteiger partial charge in [0, 0.05) is 17.3 Å². The summed E-state index contributed by atoms with van der Waals surface area (Å²) in [6, 6.07) is 3.82. The highest BCUT2D eigenvalue weighted by Gasteiger charge is 2.20. The maximum absolute atomic E-state index is 6.16. The lowest BCUT2D eigenvalue weighted by molar-refractivity contribution is 0.0682. The minimum absolute atomic E-state index is 0.227. The number of pyridine rings is 1. The smallest absolute Gasteiger partial charge is 0.218 e. The normalized spacial score (nSPS) is 11.5. The van der Waals surface area contributed by atoms with Crippen LogP contribution in [0.2, 0.25) is 0 Å². The first-order valence-corrected chi connectivity index (χ1v) is 5.99. The van der Waals surface area contributed by atoms with Crippen molar-refractivity contribution < 1.29 is 9.47 Å². The SMILES string of the molecule is CCC(N)(CC)COCc1cccnc1OC. The zero-order valence-corrected chi connectivity index (χ0v) is 10.9. The van der Waals surface area contributed by atoms with E-state index in [0.29, 0.717) is 19.1 Å². The number of nitrogens with zero attached hydrogens (tertiary/aromatic N) is 1. The summed E-state index contributed by atoms with van der Waals surface area (Å²) in [5, 5.41) is 0. The molecule has 2 N–H and O–H groups in total. The number of methoxy groups -OCH3 is 1. The van der Waals surface area contributed by atoms with Crippen LogP contribution >= 0.6 is 0 Å². The maximum Gasteiger partial charge on any atom is 0.218 e. The number of rotatable bonds is 7. The van der Waals surface area contributed by atoms with Crippen molar-refractivity contribution in [3.8, 4) is 5.88 Å². The summed E-state index contributed by atoms with van der Waals surface area (Å²) < 4.78 is 10.8. The Hall–Kier alpha value is -1.13. The second kappa shape index (κ2) is 6.57. The summed E-state index contributed by atoms with van der Waals surface area (Å²) in [5.41, 5.74) is 6.88. The molecule has 17 heavy (non-hydrogen) atoms. The number of hydrogen-bond donors (Lipinski definition) is 1. The molecule has 0 saturated heterocycles. The fourth-order valence-electron chi connectivity index (χ4n) is 1.54. The summed E-state index contributed by atoms with van der Waals surface area (Å²) in [7, 11) is 1.61. The van der Waals surface area contributed by atoms with Crippen molar-refractivity contribution >= 4 is 0 Å². The van der Waals surface area contributed by atoms with Crippen molar-refractivity contribution in [2.75, 3.05) is 13.7 Å². The maximum atomic E-state index is 6.16. The molecule has 0 aliphatic carbocycles. The molecular weight excluding hydrogens is 216 g/mol. The summed E-state index contributed by atoms with van der Waals surface area (Å²) in [5.74, 6) is 0.614. The highest BCUT2D eigenvalue weighted by molar-refractivity contribution is 5.24. The molecule has 1 rings (SSSR count). The van der Waals surface area contributed by atoms with Gasteiger partial charge in [-0.05, 0) is 25.0 Å². The predicted molar refractivity (Wildman–Crippen MR) is 67.9 cm³/mol. The van der Waals surface area contributed by atoms with Crippen LogP contribution in [0.4, 0.5) is 0 Å². The van der Waals surface area contributed by atoms with Gasteiger partial charge in [0.15, 0.2) is 0 Å². The molecule has 4 heteroatoms. The van der Waals surface area contributed by atoms with Crippen LogP contribution in [0.1, 0.15) is 32.3 Å². The van der Waals surface area contributed by atoms with E-state index in [0.717, 1.165) is 18.4 Å². The van der Waals surface area contributed by atoms with Gasteiger partial charge in [0.25, 0.3) is 0 Å². The number of nitrogens with two attached hydrogens (primary N) is 1. The van der Waals surface area contributed by atoms with Gasteiger partial charge in [0.1, 0.15) is 0 Å². The standard InChI is InChI=1S/C13H22N2O2/c1-4-13(14,5-2)10-17-9-11-7-6-8-15-12(11)16-3/h6-8H,4-5,9-10,14H2,1-3H3. The molecule has 96 valence electrons. The van der Waals surface area contributed by atoms with Crippen molar-refractivity contribution in [2.45, 2.75) is 38.8 Å². The van der Waals surface area contributed by atoms with Gasteiger partial charge in [-0.15, -0.1) is 0 Å². The van der Waals surface area contributed by atoms with Crippen LogP contribution in [0.3, 0.4) is 0 Å². The van der Waals surface area contributed by atoms with E-state index >= 15 is 0 Å². The molecule has 0 atom stereocenters. The lowest BCUT2D eigenvalue weighted by Crippen LogP contribution is -2.43. The number of hydrogen-bond acceptors (Lipinski definition) is 4. The zero-order chi connectivity index (χ0) is 12.7. The quantitative estimate of drug-likeness (QED) is 0.790. The molecule has 1 aromatic heterocycles. The Morgan fingerprint density at radius 3 is 2.65 bits per heavy atom. The van der Waals surface area contributed by atoms with Gasteiger partial charge in [0.2, 0.25) is 5.88 Å². The fraction of sp³-hybridized carbons (Fsp3) is 0.615. The van der Waals surface area contributed by atoms with Gasteiger partial charge >= 0.3 is 0 Å². The lowest BCUT2D eigenvalue weighted by Gasteiger charge is -2.26. The number of ether oxygens (including phenoxy) is 2. The molecular formula is C13H22N2O2. The molecule has 0 spiro atoms. The van der Waals surface area contributed by atoms with Crippen molar-refractivity contribution in [2.24, 2.45) is 5.73 Å². The third kappa shape index (κ3) is 3.98. The monoisotopic (exact) mass is 238 g/mol. The van der Waals surface area contributed by atoms with Gasteiger partial charge in [0.05, 0.1) is 20.3 Å². The van der Waals surface area contributed by atoms with E-state index in [1.165, 1.54) is 0 Å². The van der Waals surface area contributed by atoms with E-state index in [9.17, 15) is 0 Å². The average Bonchev–Trinajstić information content (AvgIpc) is 2.39. The van der Waals surface area contributed by atoms with Crippen molar-refractivity contribution in [1.82, 2.24) is 4.98 Å². The first kappa shape index (κ1) is 13.9. The summed E-state index contributed by atoms with van der Waals surface area (Å²) in [4.78, 5) is 4.12. The second-order valence-electron chi connectivity index (χ2n) is 4.23. The Morgan fingerprint density at radius 1 is 1.35 bits per heavy atom. The minimum Gasteiger partial charge on any atom is -0.481 e. The Labute approximate surface area is 103 Å². The van der Waals surface area contributed by atoms with Gasteiger partial charge in [-0.25, -0.2) is 4.98 Å². The van der Waals surface area contributed by atoms with Gasteiger partial charge in [-0.1, -0.05) is 13.8 Å². The lowest BCUT2D eigenvalue weighted by atomic mass is 9.96. The molecule has 0 radical (unpaired) electrons. The number of aromatic nitrogens is 1. The summed E-state index contributed by atoms with van der Waals surface area (Å²) in [6.07, 6.45) is 3.52. The molecule has 1 aromatic rings. The van der Waals surface area contributed by atoms with Crippen molar-refractivity contribution in [3.63, 3.8) is 0 Å². The van der Waals surface area contributed by atoms with E-state index in [2.05, 4.69) is 18.8 Å². The molecule has 1 heterocycles. The molecule has 0 fully saturated rings. The van der Waals surface area contributed by atoms with Crippen molar-refractivity contribution in [3.05, 3.63) is 23.9 Å².